The molecule has 31 heavy (non-hydrogen) atoms. The lowest BCUT2D eigenvalue weighted by atomic mass is 10.1. The first-order valence-corrected chi connectivity index (χ1v) is 10.8. The van der Waals surface area contributed by atoms with E-state index in [4.69, 9.17) is 4.74 Å². The molecular weight excluding hydrogens is 390 g/mol. The Hall–Kier alpha value is -3.28. The van der Waals surface area contributed by atoms with Crippen molar-refractivity contribution in [3.8, 4) is 5.75 Å². The molecule has 0 spiro atoms. The number of carbonyl (C=O) groups is 2. The van der Waals surface area contributed by atoms with Crippen LogP contribution in [-0.2, 0) is 22.6 Å². The molecule has 1 aliphatic rings. The Kier molecular flexibility index (Phi) is 6.26. The average molecular weight is 420 g/mol. The zero-order valence-electron chi connectivity index (χ0n) is 18.1. The van der Waals surface area contributed by atoms with Gasteiger partial charge in [0.2, 0.25) is 11.8 Å². The first-order valence-electron chi connectivity index (χ1n) is 10.8. The van der Waals surface area contributed by atoms with Gasteiger partial charge in [0.15, 0.2) is 0 Å². The van der Waals surface area contributed by atoms with E-state index in [0.717, 1.165) is 36.1 Å². The van der Waals surface area contributed by atoms with E-state index in [1.165, 1.54) is 10.9 Å². The number of nitrogens with one attached hydrogen (secondary N) is 1. The van der Waals surface area contributed by atoms with Gasteiger partial charge in [-0.2, -0.15) is 0 Å². The molecule has 0 atom stereocenters. The second-order valence-corrected chi connectivity index (χ2v) is 8.15. The first-order chi connectivity index (χ1) is 15.0. The highest BCUT2D eigenvalue weighted by atomic mass is 16.5. The highest BCUT2D eigenvalue weighted by Crippen LogP contribution is 2.27. The maximum absolute atomic E-state index is 13.2. The van der Waals surface area contributed by atoms with Gasteiger partial charge < -0.3 is 19.5 Å². The highest BCUT2D eigenvalue weighted by molar-refractivity contribution is 5.85. The molecular formula is C25H29N3O3. The van der Waals surface area contributed by atoms with Crippen molar-refractivity contribution in [2.45, 2.75) is 38.8 Å². The SMILES string of the molecule is COc1ccc(CN(CCc2c[nH]c3ccccc23)C(=O)CN(C(C)=O)C2CC2)cc1. The van der Waals surface area contributed by atoms with Gasteiger partial charge in [-0.1, -0.05) is 30.3 Å². The molecule has 1 heterocycles. The lowest BCUT2D eigenvalue weighted by molar-refractivity contribution is -0.140. The van der Waals surface area contributed by atoms with Crippen molar-refractivity contribution in [1.82, 2.24) is 14.8 Å². The third kappa shape index (κ3) is 5.08. The maximum atomic E-state index is 13.2. The van der Waals surface area contributed by atoms with Gasteiger partial charge in [0.25, 0.3) is 0 Å². The molecule has 2 amide bonds. The van der Waals surface area contributed by atoms with E-state index in [0.29, 0.717) is 13.1 Å². The summed E-state index contributed by atoms with van der Waals surface area (Å²) in [7, 11) is 1.64. The summed E-state index contributed by atoms with van der Waals surface area (Å²) in [6, 6.07) is 16.2. The van der Waals surface area contributed by atoms with E-state index in [9.17, 15) is 9.59 Å². The number of hydrogen-bond donors (Lipinski definition) is 1. The third-order valence-electron chi connectivity index (χ3n) is 5.91. The van der Waals surface area contributed by atoms with Crippen LogP contribution < -0.4 is 4.74 Å². The number of ether oxygens (including phenoxy) is 1. The Morgan fingerprint density at radius 2 is 1.84 bits per heavy atom. The minimum absolute atomic E-state index is 0.0160. The van der Waals surface area contributed by atoms with Crippen LogP contribution in [-0.4, -0.2) is 52.8 Å². The normalized spacial score (nSPS) is 13.2. The minimum atomic E-state index is -0.0307. The topological polar surface area (TPSA) is 65.6 Å². The number of aromatic nitrogens is 1. The molecule has 1 saturated carbocycles. The lowest BCUT2D eigenvalue weighted by Gasteiger charge is -2.27. The Morgan fingerprint density at radius 3 is 2.52 bits per heavy atom. The Balaban J connectivity index is 1.50. The van der Waals surface area contributed by atoms with Crippen LogP contribution >= 0.6 is 0 Å². The van der Waals surface area contributed by atoms with E-state index in [1.807, 2.05) is 47.5 Å². The van der Waals surface area contributed by atoms with E-state index in [-0.39, 0.29) is 24.4 Å². The molecule has 1 N–H and O–H groups in total. The van der Waals surface area contributed by atoms with Gasteiger partial charge in [-0.15, -0.1) is 0 Å². The fourth-order valence-electron chi connectivity index (χ4n) is 3.97. The van der Waals surface area contributed by atoms with Crippen LogP contribution in [0.4, 0.5) is 0 Å². The molecule has 1 aliphatic carbocycles. The molecule has 4 rings (SSSR count). The van der Waals surface area contributed by atoms with Crippen molar-refractivity contribution in [2.24, 2.45) is 0 Å². The van der Waals surface area contributed by atoms with Crippen molar-refractivity contribution in [1.29, 1.82) is 0 Å². The van der Waals surface area contributed by atoms with Crippen molar-refractivity contribution in [3.63, 3.8) is 0 Å². The lowest BCUT2D eigenvalue weighted by Crippen LogP contribution is -2.43. The van der Waals surface area contributed by atoms with Crippen LogP contribution in [0.3, 0.4) is 0 Å². The van der Waals surface area contributed by atoms with Gasteiger partial charge in [0.1, 0.15) is 12.3 Å². The van der Waals surface area contributed by atoms with Crippen molar-refractivity contribution in [2.75, 3.05) is 20.2 Å². The fourth-order valence-corrected chi connectivity index (χ4v) is 3.97. The second-order valence-electron chi connectivity index (χ2n) is 8.15. The number of carbonyl (C=O) groups excluding carboxylic acids is 2. The summed E-state index contributed by atoms with van der Waals surface area (Å²) in [5, 5.41) is 1.18. The average Bonchev–Trinajstić information content (AvgIpc) is 3.54. The molecule has 2 aromatic carbocycles. The zero-order valence-corrected chi connectivity index (χ0v) is 18.1. The molecule has 0 bridgehead atoms. The van der Waals surface area contributed by atoms with Crippen LogP contribution in [0.15, 0.2) is 54.7 Å². The molecule has 0 radical (unpaired) electrons. The van der Waals surface area contributed by atoms with E-state index in [2.05, 4.69) is 17.1 Å². The van der Waals surface area contributed by atoms with Crippen molar-refractivity contribution >= 4 is 22.7 Å². The van der Waals surface area contributed by atoms with E-state index >= 15 is 0 Å². The molecule has 3 aromatic rings. The zero-order chi connectivity index (χ0) is 21.8. The van der Waals surface area contributed by atoms with Crippen LogP contribution in [0, 0.1) is 0 Å². The summed E-state index contributed by atoms with van der Waals surface area (Å²) in [5.41, 5.74) is 3.32. The standard InChI is InChI=1S/C25H29N3O3/c1-18(29)28(21-9-10-21)17-25(30)27(16-19-7-11-22(31-2)12-8-19)14-13-20-15-26-24-6-4-3-5-23(20)24/h3-8,11-12,15,21,26H,9-10,13-14,16-17H2,1-2H3. The Morgan fingerprint density at radius 1 is 1.10 bits per heavy atom. The third-order valence-corrected chi connectivity index (χ3v) is 5.91. The van der Waals surface area contributed by atoms with E-state index in [1.54, 1.807) is 18.9 Å². The molecule has 0 aliphatic heterocycles. The predicted octanol–water partition coefficient (Wildman–Crippen LogP) is 3.76. The monoisotopic (exact) mass is 419 g/mol. The maximum Gasteiger partial charge on any atom is 0.242 e. The number of para-hydroxylation sites is 1. The number of amides is 2. The largest absolute Gasteiger partial charge is 0.497 e. The van der Waals surface area contributed by atoms with Gasteiger partial charge in [-0.25, -0.2) is 0 Å². The van der Waals surface area contributed by atoms with Crippen LogP contribution in [0.5, 0.6) is 5.75 Å². The first kappa shape index (κ1) is 21.0. The van der Waals surface area contributed by atoms with Gasteiger partial charge in [0.05, 0.1) is 7.11 Å². The summed E-state index contributed by atoms with van der Waals surface area (Å²) in [5.74, 6) is 0.742. The number of fused-ring (bicyclic) bond motifs is 1. The summed E-state index contributed by atoms with van der Waals surface area (Å²) < 4.78 is 5.24. The minimum Gasteiger partial charge on any atom is -0.497 e. The van der Waals surface area contributed by atoms with Crippen molar-refractivity contribution < 1.29 is 14.3 Å². The molecule has 6 nitrogen and oxygen atoms in total. The summed E-state index contributed by atoms with van der Waals surface area (Å²) in [4.78, 5) is 32.2. The highest BCUT2D eigenvalue weighted by Gasteiger charge is 2.33. The molecule has 1 fully saturated rings. The van der Waals surface area contributed by atoms with E-state index < -0.39 is 0 Å². The Labute approximate surface area is 182 Å². The van der Waals surface area contributed by atoms with Crippen LogP contribution in [0.2, 0.25) is 0 Å². The molecule has 6 heteroatoms. The predicted molar refractivity (Wildman–Crippen MR) is 121 cm³/mol. The number of hydrogen-bond acceptors (Lipinski definition) is 3. The number of methoxy groups -OCH3 is 1. The van der Waals surface area contributed by atoms with Gasteiger partial charge >= 0.3 is 0 Å². The summed E-state index contributed by atoms with van der Waals surface area (Å²) >= 11 is 0. The Bertz CT molecular complexity index is 1050. The van der Waals surface area contributed by atoms with Crippen molar-refractivity contribution in [3.05, 3.63) is 65.9 Å². The van der Waals surface area contributed by atoms with Gasteiger partial charge in [0, 0.05) is 43.2 Å². The number of H-pyrrole nitrogens is 1. The number of aromatic amines is 1. The molecule has 0 saturated heterocycles. The van der Waals surface area contributed by atoms with Crippen LogP contribution in [0.25, 0.3) is 10.9 Å². The smallest absolute Gasteiger partial charge is 0.242 e. The molecule has 0 unspecified atom stereocenters. The fraction of sp³-hybridized carbons (Fsp3) is 0.360. The quantitative estimate of drug-likeness (QED) is 0.574. The summed E-state index contributed by atoms with van der Waals surface area (Å²) in [6.45, 7) is 2.78. The van der Waals surface area contributed by atoms with Gasteiger partial charge in [-0.05, 0) is 48.6 Å². The molecule has 162 valence electrons. The number of rotatable bonds is 9. The second kappa shape index (κ2) is 9.25. The summed E-state index contributed by atoms with van der Waals surface area (Å²) in [6.07, 6.45) is 4.74. The number of nitrogens with zero attached hydrogens (tertiary/aromatic N) is 2. The van der Waals surface area contributed by atoms with Gasteiger partial charge in [-0.3, -0.25) is 9.59 Å². The van der Waals surface area contributed by atoms with Crippen LogP contribution in [0.1, 0.15) is 30.9 Å². The number of benzene rings is 2. The molecule has 1 aromatic heterocycles.